The lowest BCUT2D eigenvalue weighted by molar-refractivity contribution is 0.0847. The molecule has 1 saturated heterocycles. The zero-order valence-electron chi connectivity index (χ0n) is 9.84. The molecule has 0 radical (unpaired) electrons. The predicted octanol–water partition coefficient (Wildman–Crippen LogP) is 1.86. The van der Waals surface area contributed by atoms with E-state index in [0.717, 1.165) is 6.04 Å². The van der Waals surface area contributed by atoms with Crippen LogP contribution in [0, 0.1) is 5.41 Å². The molecule has 0 aromatic rings. The molecule has 2 fully saturated rings. The second-order valence-corrected chi connectivity index (χ2v) is 5.75. The first kappa shape index (κ1) is 10.4. The summed E-state index contributed by atoms with van der Waals surface area (Å²) in [5, 5.41) is 3.52. The molecule has 2 rings (SSSR count). The van der Waals surface area contributed by atoms with Gasteiger partial charge in [-0.15, -0.1) is 0 Å². The monoisotopic (exact) mass is 196 g/mol. The molecule has 0 aromatic heterocycles. The zero-order valence-corrected chi connectivity index (χ0v) is 9.84. The SMILES string of the molecule is C[C@H]1CN(C2CCCC2(C)C)CCN1. The topological polar surface area (TPSA) is 15.3 Å². The number of nitrogens with zero attached hydrogens (tertiary/aromatic N) is 1. The Morgan fingerprint density at radius 3 is 2.71 bits per heavy atom. The molecule has 0 bridgehead atoms. The summed E-state index contributed by atoms with van der Waals surface area (Å²) in [5.74, 6) is 0. The van der Waals surface area contributed by atoms with E-state index in [2.05, 4.69) is 31.0 Å². The molecule has 2 heteroatoms. The van der Waals surface area contributed by atoms with Crippen LogP contribution in [0.5, 0.6) is 0 Å². The number of rotatable bonds is 1. The predicted molar refractivity (Wildman–Crippen MR) is 60.5 cm³/mol. The molecule has 0 spiro atoms. The highest BCUT2D eigenvalue weighted by molar-refractivity contribution is 4.94. The fraction of sp³-hybridized carbons (Fsp3) is 1.00. The van der Waals surface area contributed by atoms with Crippen molar-refractivity contribution in [3.63, 3.8) is 0 Å². The molecule has 1 heterocycles. The van der Waals surface area contributed by atoms with Crippen molar-refractivity contribution in [1.29, 1.82) is 0 Å². The minimum Gasteiger partial charge on any atom is -0.312 e. The van der Waals surface area contributed by atoms with Gasteiger partial charge in [-0.1, -0.05) is 20.3 Å². The Kier molecular flexibility index (Phi) is 2.85. The lowest BCUT2D eigenvalue weighted by atomic mass is 9.86. The Labute approximate surface area is 88.1 Å². The number of nitrogens with one attached hydrogen (secondary N) is 1. The van der Waals surface area contributed by atoms with E-state index < -0.39 is 0 Å². The van der Waals surface area contributed by atoms with E-state index in [9.17, 15) is 0 Å². The molecule has 1 saturated carbocycles. The van der Waals surface area contributed by atoms with Gasteiger partial charge < -0.3 is 5.32 Å². The fourth-order valence-electron chi connectivity index (χ4n) is 3.23. The molecule has 0 amide bonds. The number of piperazine rings is 1. The minimum atomic E-state index is 0.553. The van der Waals surface area contributed by atoms with Crippen LogP contribution in [0.2, 0.25) is 0 Å². The average molecular weight is 196 g/mol. The van der Waals surface area contributed by atoms with E-state index in [0.29, 0.717) is 11.5 Å². The van der Waals surface area contributed by atoms with E-state index in [1.807, 2.05) is 0 Å². The second-order valence-electron chi connectivity index (χ2n) is 5.75. The lowest BCUT2D eigenvalue weighted by Gasteiger charge is -2.42. The summed E-state index contributed by atoms with van der Waals surface area (Å²) in [6.07, 6.45) is 4.26. The van der Waals surface area contributed by atoms with Crippen molar-refractivity contribution in [2.24, 2.45) is 5.41 Å². The Morgan fingerprint density at radius 1 is 1.36 bits per heavy atom. The molecule has 2 nitrogen and oxygen atoms in total. The van der Waals surface area contributed by atoms with Gasteiger partial charge in [-0.05, 0) is 25.2 Å². The maximum absolute atomic E-state index is 3.52. The van der Waals surface area contributed by atoms with Crippen LogP contribution in [0.4, 0.5) is 0 Å². The van der Waals surface area contributed by atoms with Gasteiger partial charge in [-0.25, -0.2) is 0 Å². The summed E-state index contributed by atoms with van der Waals surface area (Å²) in [5.41, 5.74) is 0.553. The van der Waals surface area contributed by atoms with Gasteiger partial charge in [0.15, 0.2) is 0 Å². The van der Waals surface area contributed by atoms with Gasteiger partial charge in [0.25, 0.3) is 0 Å². The molecule has 0 aromatic carbocycles. The van der Waals surface area contributed by atoms with Crippen LogP contribution in [-0.4, -0.2) is 36.6 Å². The first-order valence-electron chi connectivity index (χ1n) is 6.07. The summed E-state index contributed by atoms with van der Waals surface area (Å²) in [6.45, 7) is 10.9. The lowest BCUT2D eigenvalue weighted by Crippen LogP contribution is -2.55. The largest absolute Gasteiger partial charge is 0.312 e. The van der Waals surface area contributed by atoms with Gasteiger partial charge in [-0.3, -0.25) is 4.90 Å². The Balaban J connectivity index is 2.00. The fourth-order valence-corrected chi connectivity index (χ4v) is 3.23. The van der Waals surface area contributed by atoms with Crippen molar-refractivity contribution in [2.75, 3.05) is 19.6 Å². The van der Waals surface area contributed by atoms with E-state index in [1.54, 1.807) is 0 Å². The van der Waals surface area contributed by atoms with Crippen LogP contribution in [-0.2, 0) is 0 Å². The molecule has 2 aliphatic rings. The molecule has 1 aliphatic carbocycles. The highest BCUT2D eigenvalue weighted by Crippen LogP contribution is 2.40. The van der Waals surface area contributed by atoms with Crippen molar-refractivity contribution in [2.45, 2.75) is 52.1 Å². The van der Waals surface area contributed by atoms with Gasteiger partial charge in [-0.2, -0.15) is 0 Å². The molecule has 1 unspecified atom stereocenters. The summed E-state index contributed by atoms with van der Waals surface area (Å²) < 4.78 is 0. The van der Waals surface area contributed by atoms with Gasteiger partial charge in [0.1, 0.15) is 0 Å². The first-order valence-corrected chi connectivity index (χ1v) is 6.07. The van der Waals surface area contributed by atoms with Crippen molar-refractivity contribution in [3.8, 4) is 0 Å². The number of hydrogen-bond acceptors (Lipinski definition) is 2. The summed E-state index contributed by atoms with van der Waals surface area (Å²) in [7, 11) is 0. The van der Waals surface area contributed by atoms with E-state index >= 15 is 0 Å². The van der Waals surface area contributed by atoms with Gasteiger partial charge in [0.2, 0.25) is 0 Å². The van der Waals surface area contributed by atoms with Crippen LogP contribution in [0.25, 0.3) is 0 Å². The van der Waals surface area contributed by atoms with Crippen LogP contribution in [0.1, 0.15) is 40.0 Å². The molecular weight excluding hydrogens is 172 g/mol. The Bertz CT molecular complexity index is 200. The van der Waals surface area contributed by atoms with Gasteiger partial charge >= 0.3 is 0 Å². The van der Waals surface area contributed by atoms with Crippen molar-refractivity contribution < 1.29 is 0 Å². The van der Waals surface area contributed by atoms with E-state index in [1.165, 1.54) is 38.9 Å². The average Bonchev–Trinajstić information content (AvgIpc) is 2.45. The smallest absolute Gasteiger partial charge is 0.0167 e. The van der Waals surface area contributed by atoms with Crippen molar-refractivity contribution >= 4 is 0 Å². The molecular formula is C12H24N2. The molecule has 82 valence electrons. The first-order chi connectivity index (χ1) is 6.59. The third-order valence-electron chi connectivity index (χ3n) is 4.04. The third-order valence-corrected chi connectivity index (χ3v) is 4.04. The quantitative estimate of drug-likeness (QED) is 0.688. The summed E-state index contributed by atoms with van der Waals surface area (Å²) in [4.78, 5) is 2.72. The van der Waals surface area contributed by atoms with Gasteiger partial charge in [0, 0.05) is 31.7 Å². The maximum atomic E-state index is 3.52. The van der Waals surface area contributed by atoms with Crippen LogP contribution in [0.15, 0.2) is 0 Å². The second kappa shape index (κ2) is 3.82. The minimum absolute atomic E-state index is 0.553. The summed E-state index contributed by atoms with van der Waals surface area (Å²) >= 11 is 0. The maximum Gasteiger partial charge on any atom is 0.0167 e. The normalized spacial score (nSPS) is 38.8. The molecule has 14 heavy (non-hydrogen) atoms. The summed E-state index contributed by atoms with van der Waals surface area (Å²) in [6, 6.07) is 1.52. The van der Waals surface area contributed by atoms with Crippen molar-refractivity contribution in [1.82, 2.24) is 10.2 Å². The van der Waals surface area contributed by atoms with E-state index in [4.69, 9.17) is 0 Å². The molecule has 2 atom stereocenters. The molecule has 1 N–H and O–H groups in total. The molecule has 1 aliphatic heterocycles. The highest BCUT2D eigenvalue weighted by atomic mass is 15.2. The number of hydrogen-bond donors (Lipinski definition) is 1. The standard InChI is InChI=1S/C12H24N2/c1-10-9-14(8-7-13-10)11-5-4-6-12(11,2)3/h10-11,13H,4-9H2,1-3H3/t10-,11?/m0/s1. The van der Waals surface area contributed by atoms with Crippen LogP contribution >= 0.6 is 0 Å². The third kappa shape index (κ3) is 1.96. The highest BCUT2D eigenvalue weighted by Gasteiger charge is 2.39. The zero-order chi connectivity index (χ0) is 10.2. The van der Waals surface area contributed by atoms with Crippen LogP contribution < -0.4 is 5.32 Å². The van der Waals surface area contributed by atoms with Gasteiger partial charge in [0.05, 0.1) is 0 Å². The van der Waals surface area contributed by atoms with Crippen molar-refractivity contribution in [3.05, 3.63) is 0 Å². The van der Waals surface area contributed by atoms with E-state index in [-0.39, 0.29) is 0 Å². The Hall–Kier alpha value is -0.0800. The Morgan fingerprint density at radius 2 is 2.14 bits per heavy atom. The van der Waals surface area contributed by atoms with Crippen LogP contribution in [0.3, 0.4) is 0 Å².